The Labute approximate surface area is 118 Å². The fourth-order valence-corrected chi connectivity index (χ4v) is 2.62. The Hall–Kier alpha value is -2.42. The largest absolute Gasteiger partial charge is 0.299 e. The molecule has 3 heteroatoms. The number of hydrogen-bond acceptors (Lipinski definition) is 2. The van der Waals surface area contributed by atoms with Crippen LogP contribution >= 0.6 is 0 Å². The van der Waals surface area contributed by atoms with Crippen molar-refractivity contribution >= 4 is 11.6 Å². The minimum atomic E-state index is -0.0592. The molecule has 2 atom stereocenters. The number of hydrogen-bond donors (Lipinski definition) is 0. The number of para-hydroxylation sites is 1. The summed E-state index contributed by atoms with van der Waals surface area (Å²) in [5.74, 6) is 0.229. The number of amides is 1. The maximum Gasteiger partial charge on any atom is 0.251 e. The summed E-state index contributed by atoms with van der Waals surface area (Å²) in [6.45, 7) is 2.11. The molecule has 0 aliphatic carbocycles. The molecule has 0 saturated carbocycles. The van der Waals surface area contributed by atoms with E-state index in [1.165, 1.54) is 0 Å². The van der Waals surface area contributed by atoms with Crippen LogP contribution in [-0.4, -0.2) is 10.9 Å². The van der Waals surface area contributed by atoms with Crippen LogP contribution in [0, 0.1) is 5.92 Å². The van der Waals surface area contributed by atoms with Crippen LogP contribution in [0.15, 0.2) is 66.9 Å². The van der Waals surface area contributed by atoms with E-state index in [4.69, 9.17) is 0 Å². The van der Waals surface area contributed by atoms with Gasteiger partial charge in [-0.2, -0.15) is 0 Å². The molecular weight excluding hydrogens is 248 g/mol. The summed E-state index contributed by atoms with van der Waals surface area (Å²) in [6.07, 6.45) is 5.38. The van der Waals surface area contributed by atoms with E-state index < -0.39 is 0 Å². The summed E-state index contributed by atoms with van der Waals surface area (Å²) in [4.78, 5) is 18.6. The lowest BCUT2D eigenvalue weighted by Gasteiger charge is -2.36. The fraction of sp³-hybridized carbons (Fsp3) is 0.176. The number of pyridine rings is 1. The summed E-state index contributed by atoms with van der Waals surface area (Å²) < 4.78 is 0. The molecule has 1 aliphatic rings. The highest BCUT2D eigenvalue weighted by Gasteiger charge is 2.33. The monoisotopic (exact) mass is 264 g/mol. The highest BCUT2D eigenvalue weighted by atomic mass is 16.2. The Morgan fingerprint density at radius 1 is 1.05 bits per heavy atom. The van der Waals surface area contributed by atoms with Gasteiger partial charge in [0.25, 0.3) is 5.91 Å². The normalized spacial score (nSPS) is 22.1. The van der Waals surface area contributed by atoms with Crippen LogP contribution in [-0.2, 0) is 4.79 Å². The molecular formula is C17H16N2O. The molecule has 1 aliphatic heterocycles. The molecule has 0 spiro atoms. The van der Waals surface area contributed by atoms with Crippen LogP contribution in [0.5, 0.6) is 0 Å². The first-order valence-corrected chi connectivity index (χ1v) is 6.75. The van der Waals surface area contributed by atoms with E-state index in [9.17, 15) is 4.79 Å². The second-order valence-electron chi connectivity index (χ2n) is 4.96. The maximum atomic E-state index is 12.3. The van der Waals surface area contributed by atoms with Crippen molar-refractivity contribution in [2.75, 3.05) is 4.90 Å². The SMILES string of the molecule is CC1C=CC(=O)N(c2ccccc2)C1c1ccccn1. The molecule has 1 aromatic heterocycles. The molecule has 0 N–H and O–H groups in total. The molecule has 20 heavy (non-hydrogen) atoms. The first-order chi connectivity index (χ1) is 9.77. The number of carbonyl (C=O) groups is 1. The highest BCUT2D eigenvalue weighted by molar-refractivity contribution is 6.03. The van der Waals surface area contributed by atoms with Crippen molar-refractivity contribution in [3.8, 4) is 0 Å². The van der Waals surface area contributed by atoms with Gasteiger partial charge in [0.2, 0.25) is 0 Å². The predicted octanol–water partition coefficient (Wildman–Crippen LogP) is 3.36. The van der Waals surface area contributed by atoms with E-state index in [-0.39, 0.29) is 17.9 Å². The molecule has 3 rings (SSSR count). The lowest BCUT2D eigenvalue weighted by molar-refractivity contribution is -0.115. The molecule has 1 amide bonds. The lowest BCUT2D eigenvalue weighted by Crippen LogP contribution is -2.40. The van der Waals surface area contributed by atoms with Crippen molar-refractivity contribution in [2.24, 2.45) is 5.92 Å². The zero-order valence-electron chi connectivity index (χ0n) is 11.3. The third-order valence-electron chi connectivity index (χ3n) is 3.58. The minimum absolute atomic E-state index is 0.00459. The van der Waals surface area contributed by atoms with Gasteiger partial charge in [0.15, 0.2) is 0 Å². The van der Waals surface area contributed by atoms with E-state index in [0.29, 0.717) is 0 Å². The third-order valence-corrected chi connectivity index (χ3v) is 3.58. The zero-order valence-corrected chi connectivity index (χ0v) is 11.3. The summed E-state index contributed by atoms with van der Waals surface area (Å²) >= 11 is 0. The van der Waals surface area contributed by atoms with Crippen molar-refractivity contribution in [3.05, 3.63) is 72.6 Å². The second kappa shape index (κ2) is 5.29. The average molecular weight is 264 g/mol. The van der Waals surface area contributed by atoms with Crippen molar-refractivity contribution in [1.82, 2.24) is 4.98 Å². The Kier molecular flexibility index (Phi) is 3.33. The van der Waals surface area contributed by atoms with Crippen LogP contribution in [0.2, 0.25) is 0 Å². The molecule has 3 nitrogen and oxygen atoms in total. The van der Waals surface area contributed by atoms with Crippen molar-refractivity contribution in [1.29, 1.82) is 0 Å². The molecule has 1 aromatic carbocycles. The molecule has 100 valence electrons. The van der Waals surface area contributed by atoms with Gasteiger partial charge in [0, 0.05) is 17.8 Å². The van der Waals surface area contributed by atoms with Crippen LogP contribution in [0.4, 0.5) is 5.69 Å². The Balaban J connectivity index is 2.08. The van der Waals surface area contributed by atoms with Crippen molar-refractivity contribution in [3.63, 3.8) is 0 Å². The van der Waals surface area contributed by atoms with Crippen LogP contribution in [0.3, 0.4) is 0 Å². The Morgan fingerprint density at radius 2 is 1.80 bits per heavy atom. The van der Waals surface area contributed by atoms with Crippen molar-refractivity contribution < 1.29 is 4.79 Å². The summed E-state index contributed by atoms with van der Waals surface area (Å²) in [7, 11) is 0. The van der Waals surface area contributed by atoms with Crippen LogP contribution in [0.25, 0.3) is 0 Å². The quantitative estimate of drug-likeness (QED) is 0.833. The second-order valence-corrected chi connectivity index (χ2v) is 4.96. The molecule has 0 radical (unpaired) electrons. The van der Waals surface area contributed by atoms with Crippen LogP contribution < -0.4 is 4.90 Å². The van der Waals surface area contributed by atoms with Gasteiger partial charge in [0.05, 0.1) is 11.7 Å². The zero-order chi connectivity index (χ0) is 13.9. The van der Waals surface area contributed by atoms with E-state index in [0.717, 1.165) is 11.4 Å². The first kappa shape index (κ1) is 12.6. The number of carbonyl (C=O) groups excluding carboxylic acids is 1. The van der Waals surface area contributed by atoms with Gasteiger partial charge in [-0.05, 0) is 30.3 Å². The number of rotatable bonds is 2. The van der Waals surface area contributed by atoms with E-state index >= 15 is 0 Å². The smallest absolute Gasteiger partial charge is 0.251 e. The number of benzene rings is 1. The van der Waals surface area contributed by atoms with Crippen molar-refractivity contribution in [2.45, 2.75) is 13.0 Å². The van der Waals surface area contributed by atoms with Gasteiger partial charge in [-0.1, -0.05) is 37.3 Å². The molecule has 0 bridgehead atoms. The highest BCUT2D eigenvalue weighted by Crippen LogP contribution is 2.35. The summed E-state index contributed by atoms with van der Waals surface area (Å²) in [5.41, 5.74) is 1.82. The number of aromatic nitrogens is 1. The molecule has 2 unspecified atom stereocenters. The topological polar surface area (TPSA) is 33.2 Å². The lowest BCUT2D eigenvalue weighted by atomic mass is 9.92. The van der Waals surface area contributed by atoms with Gasteiger partial charge in [-0.15, -0.1) is 0 Å². The van der Waals surface area contributed by atoms with Gasteiger partial charge in [-0.25, -0.2) is 0 Å². The number of anilines is 1. The number of nitrogens with zero attached hydrogens (tertiary/aromatic N) is 2. The van der Waals surface area contributed by atoms with Gasteiger partial charge in [-0.3, -0.25) is 14.7 Å². The first-order valence-electron chi connectivity index (χ1n) is 6.75. The molecule has 2 heterocycles. The Morgan fingerprint density at radius 3 is 2.50 bits per heavy atom. The minimum Gasteiger partial charge on any atom is -0.299 e. The summed E-state index contributed by atoms with van der Waals surface area (Å²) in [5, 5.41) is 0. The van der Waals surface area contributed by atoms with E-state index in [1.807, 2.05) is 59.5 Å². The fourth-order valence-electron chi connectivity index (χ4n) is 2.62. The molecule has 0 fully saturated rings. The van der Waals surface area contributed by atoms with Gasteiger partial charge in [0.1, 0.15) is 0 Å². The standard InChI is InChI=1S/C17H16N2O/c1-13-10-11-16(20)19(14-7-3-2-4-8-14)17(13)15-9-5-6-12-18-15/h2-13,17H,1H3. The predicted molar refractivity (Wildman–Crippen MR) is 79.2 cm³/mol. The van der Waals surface area contributed by atoms with Gasteiger partial charge >= 0.3 is 0 Å². The van der Waals surface area contributed by atoms with Gasteiger partial charge < -0.3 is 0 Å². The average Bonchev–Trinajstić information content (AvgIpc) is 2.51. The Bertz CT molecular complexity index is 622. The third kappa shape index (κ3) is 2.23. The maximum absolute atomic E-state index is 12.3. The molecule has 2 aromatic rings. The van der Waals surface area contributed by atoms with Crippen LogP contribution in [0.1, 0.15) is 18.7 Å². The van der Waals surface area contributed by atoms with E-state index in [1.54, 1.807) is 12.3 Å². The van der Waals surface area contributed by atoms with E-state index in [2.05, 4.69) is 11.9 Å². The molecule has 0 saturated heterocycles. The summed E-state index contributed by atoms with van der Waals surface area (Å²) in [6, 6.07) is 15.5.